The summed E-state index contributed by atoms with van der Waals surface area (Å²) in [6, 6.07) is 6.01. The van der Waals surface area contributed by atoms with Crippen LogP contribution >= 0.6 is 0 Å². The van der Waals surface area contributed by atoms with E-state index < -0.39 is 11.4 Å². The van der Waals surface area contributed by atoms with Crippen LogP contribution in [0.5, 0.6) is 0 Å². The molecule has 1 amide bonds. The van der Waals surface area contributed by atoms with Crippen LogP contribution in [0.25, 0.3) is 0 Å². The van der Waals surface area contributed by atoms with E-state index in [0.29, 0.717) is 5.56 Å². The molecule has 1 atom stereocenters. The third kappa shape index (κ3) is 4.28. The van der Waals surface area contributed by atoms with Crippen molar-refractivity contribution in [3.8, 4) is 0 Å². The molecular weight excluding hydrogens is 273 g/mol. The summed E-state index contributed by atoms with van der Waals surface area (Å²) in [6.45, 7) is 5.40. The zero-order chi connectivity index (χ0) is 16.2. The van der Waals surface area contributed by atoms with E-state index >= 15 is 0 Å². The van der Waals surface area contributed by atoms with E-state index in [0.717, 1.165) is 0 Å². The Morgan fingerprint density at radius 2 is 2.00 bits per heavy atom. The first-order valence-electron chi connectivity index (χ1n) is 6.88. The van der Waals surface area contributed by atoms with Crippen LogP contribution in [-0.4, -0.2) is 28.9 Å². The Bertz CT molecular complexity index is 530. The first kappa shape index (κ1) is 17.1. The minimum Gasteiger partial charge on any atom is -0.481 e. The minimum atomic E-state index is -1.10. The van der Waals surface area contributed by atoms with Gasteiger partial charge in [0.15, 0.2) is 0 Å². The predicted molar refractivity (Wildman–Crippen MR) is 78.1 cm³/mol. The normalized spacial score (nSPS) is 13.8. The molecule has 0 heterocycles. The van der Waals surface area contributed by atoms with Crippen molar-refractivity contribution in [2.45, 2.75) is 33.7 Å². The summed E-state index contributed by atoms with van der Waals surface area (Å²) >= 11 is 0. The molecular formula is C16H22FNO3. The number of carboxylic acid groups (broad SMARTS) is 1. The number of nitrogens with zero attached hydrogens (tertiary/aromatic N) is 1. The van der Waals surface area contributed by atoms with Gasteiger partial charge in [-0.15, -0.1) is 0 Å². The molecule has 0 radical (unpaired) electrons. The summed E-state index contributed by atoms with van der Waals surface area (Å²) < 4.78 is 13.1. The van der Waals surface area contributed by atoms with Crippen LogP contribution in [0.3, 0.4) is 0 Å². The average Bonchev–Trinajstić information content (AvgIpc) is 2.37. The maximum atomic E-state index is 13.1. The largest absolute Gasteiger partial charge is 0.481 e. The molecule has 0 aliphatic heterocycles. The van der Waals surface area contributed by atoms with Crippen molar-refractivity contribution in [2.75, 3.05) is 7.05 Å². The summed E-state index contributed by atoms with van der Waals surface area (Å²) in [5.41, 5.74) is -0.430. The quantitative estimate of drug-likeness (QED) is 0.878. The van der Waals surface area contributed by atoms with Gasteiger partial charge in [0, 0.05) is 20.0 Å². The fourth-order valence-electron chi connectivity index (χ4n) is 1.97. The highest BCUT2D eigenvalue weighted by atomic mass is 19.1. The Balaban J connectivity index is 2.77. The molecule has 0 fully saturated rings. The number of carboxylic acids is 1. The lowest BCUT2D eigenvalue weighted by atomic mass is 9.76. The maximum absolute atomic E-state index is 13.1. The van der Waals surface area contributed by atoms with Gasteiger partial charge < -0.3 is 10.0 Å². The van der Waals surface area contributed by atoms with E-state index in [1.165, 1.54) is 17.0 Å². The van der Waals surface area contributed by atoms with Gasteiger partial charge in [0.2, 0.25) is 5.91 Å². The molecule has 0 aromatic heterocycles. The molecule has 0 aliphatic rings. The fraction of sp³-hybridized carbons (Fsp3) is 0.500. The molecule has 0 bridgehead atoms. The van der Waals surface area contributed by atoms with Crippen LogP contribution in [0.4, 0.5) is 4.39 Å². The molecule has 1 aromatic carbocycles. The summed E-state index contributed by atoms with van der Waals surface area (Å²) in [7, 11) is 1.59. The molecule has 0 saturated heterocycles. The molecule has 1 aromatic rings. The Kier molecular flexibility index (Phi) is 5.47. The van der Waals surface area contributed by atoms with Crippen molar-refractivity contribution < 1.29 is 19.1 Å². The summed E-state index contributed by atoms with van der Waals surface area (Å²) in [5.74, 6) is -1.77. The zero-order valence-corrected chi connectivity index (χ0v) is 12.9. The first-order valence-corrected chi connectivity index (χ1v) is 6.88. The van der Waals surface area contributed by atoms with Gasteiger partial charge in [-0.2, -0.15) is 0 Å². The van der Waals surface area contributed by atoms with Crippen LogP contribution < -0.4 is 0 Å². The zero-order valence-electron chi connectivity index (χ0n) is 12.9. The number of halogens is 1. The Morgan fingerprint density at radius 3 is 2.48 bits per heavy atom. The number of amides is 1. The monoisotopic (exact) mass is 295 g/mol. The molecule has 0 spiro atoms. The Morgan fingerprint density at radius 1 is 1.38 bits per heavy atom. The smallest absolute Gasteiger partial charge is 0.310 e. The summed E-state index contributed by atoms with van der Waals surface area (Å²) in [4.78, 5) is 25.1. The molecule has 21 heavy (non-hydrogen) atoms. The van der Waals surface area contributed by atoms with E-state index in [2.05, 4.69) is 0 Å². The van der Waals surface area contributed by atoms with E-state index in [1.54, 1.807) is 40.0 Å². The number of hydrogen-bond donors (Lipinski definition) is 1. The van der Waals surface area contributed by atoms with E-state index in [9.17, 15) is 19.1 Å². The van der Waals surface area contributed by atoms with Crippen LogP contribution in [0, 0.1) is 17.2 Å². The molecule has 4 nitrogen and oxygen atoms in total. The predicted octanol–water partition coefficient (Wildman–Crippen LogP) is 2.92. The Labute approximate surface area is 124 Å². The van der Waals surface area contributed by atoms with Gasteiger partial charge in [0.25, 0.3) is 0 Å². The van der Waals surface area contributed by atoms with E-state index in [1.807, 2.05) is 0 Å². The topological polar surface area (TPSA) is 57.6 Å². The molecule has 1 rings (SSSR count). The maximum Gasteiger partial charge on any atom is 0.310 e. The molecule has 1 unspecified atom stereocenters. The highest BCUT2D eigenvalue weighted by Crippen LogP contribution is 2.32. The number of hydrogen-bond acceptors (Lipinski definition) is 2. The van der Waals surface area contributed by atoms with Crippen LogP contribution in [0.15, 0.2) is 24.3 Å². The SMILES string of the molecule is CC(C)C(C)(CC(=O)N(C)Cc1cccc(F)c1)C(=O)O. The Hall–Kier alpha value is -1.91. The van der Waals surface area contributed by atoms with Gasteiger partial charge in [0.1, 0.15) is 5.82 Å². The van der Waals surface area contributed by atoms with Crippen molar-refractivity contribution >= 4 is 11.9 Å². The fourth-order valence-corrected chi connectivity index (χ4v) is 1.97. The third-order valence-electron chi connectivity index (χ3n) is 4.02. The molecule has 116 valence electrons. The lowest BCUT2D eigenvalue weighted by molar-refractivity contribution is -0.155. The highest BCUT2D eigenvalue weighted by Gasteiger charge is 2.39. The molecule has 0 saturated carbocycles. The number of benzene rings is 1. The number of rotatable bonds is 6. The van der Waals surface area contributed by atoms with Gasteiger partial charge in [-0.05, 0) is 30.5 Å². The van der Waals surface area contributed by atoms with Gasteiger partial charge in [0.05, 0.1) is 5.41 Å². The van der Waals surface area contributed by atoms with Crippen LogP contribution in [0.1, 0.15) is 32.8 Å². The second-order valence-electron chi connectivity index (χ2n) is 5.93. The lowest BCUT2D eigenvalue weighted by Crippen LogP contribution is -2.39. The summed E-state index contributed by atoms with van der Waals surface area (Å²) in [5, 5.41) is 9.34. The highest BCUT2D eigenvalue weighted by molar-refractivity contribution is 5.84. The van der Waals surface area contributed by atoms with Crippen molar-refractivity contribution in [1.82, 2.24) is 4.90 Å². The van der Waals surface area contributed by atoms with Crippen LogP contribution in [0.2, 0.25) is 0 Å². The van der Waals surface area contributed by atoms with Crippen molar-refractivity contribution in [2.24, 2.45) is 11.3 Å². The minimum absolute atomic E-state index is 0.0776. The van der Waals surface area contributed by atoms with Gasteiger partial charge in [-0.1, -0.05) is 26.0 Å². The second kappa shape index (κ2) is 6.70. The van der Waals surface area contributed by atoms with Crippen molar-refractivity contribution in [3.05, 3.63) is 35.6 Å². The third-order valence-corrected chi connectivity index (χ3v) is 4.02. The second-order valence-corrected chi connectivity index (χ2v) is 5.93. The van der Waals surface area contributed by atoms with Gasteiger partial charge >= 0.3 is 5.97 Å². The van der Waals surface area contributed by atoms with Crippen molar-refractivity contribution in [1.29, 1.82) is 0 Å². The lowest BCUT2D eigenvalue weighted by Gasteiger charge is -2.30. The molecule has 5 heteroatoms. The number of carbonyl (C=O) groups is 2. The van der Waals surface area contributed by atoms with Gasteiger partial charge in [-0.3, -0.25) is 9.59 Å². The van der Waals surface area contributed by atoms with Crippen molar-refractivity contribution in [3.63, 3.8) is 0 Å². The number of aliphatic carboxylic acids is 1. The first-order chi connectivity index (χ1) is 9.66. The standard InChI is InChI=1S/C16H22FNO3/c1-11(2)16(3,15(20)21)9-14(19)18(4)10-12-6-5-7-13(17)8-12/h5-8,11H,9-10H2,1-4H3,(H,20,21). The molecule has 0 aliphatic carbocycles. The number of carbonyl (C=O) groups excluding carboxylic acids is 1. The van der Waals surface area contributed by atoms with Gasteiger partial charge in [-0.25, -0.2) is 4.39 Å². The van der Waals surface area contributed by atoms with Crippen LogP contribution in [-0.2, 0) is 16.1 Å². The van der Waals surface area contributed by atoms with E-state index in [-0.39, 0.29) is 30.6 Å². The van der Waals surface area contributed by atoms with E-state index in [4.69, 9.17) is 0 Å². The average molecular weight is 295 g/mol. The molecule has 1 N–H and O–H groups in total. The summed E-state index contributed by atoms with van der Waals surface area (Å²) in [6.07, 6.45) is -0.0776.